The quantitative estimate of drug-likeness (QED) is 0.189. The Labute approximate surface area is 240 Å². The molecular weight excluding hydrogens is 558 g/mol. The van der Waals surface area contributed by atoms with Crippen LogP contribution in [0.4, 0.5) is 0 Å². The lowest BCUT2D eigenvalue weighted by molar-refractivity contribution is -0.144. The molecule has 0 aliphatic rings. The first-order chi connectivity index (χ1) is 19.2. The Hall–Kier alpha value is -3.55. The number of aliphatic hydroxyl groups is 1. The standard InChI is InChI=1S/C27H31N3O8S2/c31-14-11-28-25(34)29(12-15-37-23(32)17-21(39)19-7-3-1-4-8-19)27(36)30(26(28)35)13-16-38-24(33)18-22(40)20-9-5-2-6-10-20/h1-10,21-22,31,39-40H,11-18H2. The third kappa shape index (κ3) is 8.47. The van der Waals surface area contributed by atoms with E-state index in [1.54, 1.807) is 0 Å². The average molecular weight is 590 g/mol. The van der Waals surface area contributed by atoms with Crippen molar-refractivity contribution in [3.8, 4) is 0 Å². The Kier molecular flexibility index (Phi) is 11.8. The molecule has 3 rings (SSSR count). The van der Waals surface area contributed by atoms with E-state index in [2.05, 4.69) is 25.3 Å². The highest BCUT2D eigenvalue weighted by atomic mass is 32.1. The molecule has 40 heavy (non-hydrogen) atoms. The molecule has 2 unspecified atom stereocenters. The van der Waals surface area contributed by atoms with Crippen LogP contribution in [0, 0.1) is 0 Å². The van der Waals surface area contributed by atoms with Crippen molar-refractivity contribution in [3.63, 3.8) is 0 Å². The van der Waals surface area contributed by atoms with Crippen molar-refractivity contribution in [2.24, 2.45) is 0 Å². The van der Waals surface area contributed by atoms with Gasteiger partial charge < -0.3 is 14.6 Å². The molecule has 3 aromatic rings. The van der Waals surface area contributed by atoms with Gasteiger partial charge in [0.15, 0.2) is 0 Å². The molecule has 214 valence electrons. The van der Waals surface area contributed by atoms with Crippen molar-refractivity contribution in [2.75, 3.05) is 19.8 Å². The summed E-state index contributed by atoms with van der Waals surface area (Å²) >= 11 is 8.83. The number of carbonyl (C=O) groups excluding carboxylic acids is 2. The van der Waals surface area contributed by atoms with Crippen LogP contribution in [0.15, 0.2) is 75.0 Å². The number of ether oxygens (including phenoxy) is 2. The molecule has 0 spiro atoms. The van der Waals surface area contributed by atoms with E-state index in [0.29, 0.717) is 4.57 Å². The maximum absolute atomic E-state index is 13.0. The minimum Gasteiger partial charge on any atom is -0.464 e. The maximum Gasteiger partial charge on any atom is 0.336 e. The van der Waals surface area contributed by atoms with Gasteiger partial charge in [-0.2, -0.15) is 25.3 Å². The zero-order valence-electron chi connectivity index (χ0n) is 21.6. The number of thiol groups is 2. The molecule has 0 saturated carbocycles. The molecule has 1 aromatic heterocycles. The van der Waals surface area contributed by atoms with E-state index in [-0.39, 0.29) is 45.7 Å². The predicted octanol–water partition coefficient (Wildman–Crippen LogP) is 1.37. The SMILES string of the molecule is O=C(CC(S)c1ccccc1)OCCn1c(=O)n(CCO)c(=O)n(CCOC(=O)CC(S)c2ccccc2)c1=O. The Morgan fingerprint density at radius 2 is 1.00 bits per heavy atom. The number of nitrogens with zero attached hydrogens (tertiary/aromatic N) is 3. The third-order valence-electron chi connectivity index (χ3n) is 5.95. The van der Waals surface area contributed by atoms with E-state index in [1.165, 1.54) is 0 Å². The number of hydrogen-bond donors (Lipinski definition) is 3. The average Bonchev–Trinajstić information content (AvgIpc) is 2.95. The molecule has 0 radical (unpaired) electrons. The number of hydrogen-bond acceptors (Lipinski definition) is 10. The van der Waals surface area contributed by atoms with Gasteiger partial charge in [0.05, 0.1) is 39.1 Å². The summed E-state index contributed by atoms with van der Waals surface area (Å²) in [6, 6.07) is 18.3. The number of rotatable bonds is 14. The lowest BCUT2D eigenvalue weighted by Crippen LogP contribution is -2.55. The van der Waals surface area contributed by atoms with Crippen LogP contribution in [-0.2, 0) is 38.7 Å². The number of esters is 2. The molecule has 1 heterocycles. The summed E-state index contributed by atoms with van der Waals surface area (Å²) in [6.45, 7) is -2.14. The summed E-state index contributed by atoms with van der Waals surface area (Å²) in [4.78, 5) is 63.1. The van der Waals surface area contributed by atoms with E-state index >= 15 is 0 Å². The number of aliphatic hydroxyl groups excluding tert-OH is 1. The zero-order chi connectivity index (χ0) is 29.1. The van der Waals surface area contributed by atoms with Crippen LogP contribution in [0.25, 0.3) is 0 Å². The van der Waals surface area contributed by atoms with Gasteiger partial charge in [-0.15, -0.1) is 0 Å². The van der Waals surface area contributed by atoms with Crippen LogP contribution in [-0.4, -0.2) is 50.6 Å². The molecule has 2 aromatic carbocycles. The lowest BCUT2D eigenvalue weighted by Gasteiger charge is -2.15. The molecule has 0 bridgehead atoms. The van der Waals surface area contributed by atoms with Crippen molar-refractivity contribution in [1.29, 1.82) is 0 Å². The largest absolute Gasteiger partial charge is 0.464 e. The van der Waals surface area contributed by atoms with Crippen molar-refractivity contribution in [1.82, 2.24) is 13.7 Å². The van der Waals surface area contributed by atoms with Crippen molar-refractivity contribution >= 4 is 37.2 Å². The first-order valence-corrected chi connectivity index (χ1v) is 13.6. The first-order valence-electron chi connectivity index (χ1n) is 12.6. The number of aromatic nitrogens is 3. The number of carbonyl (C=O) groups is 2. The lowest BCUT2D eigenvalue weighted by atomic mass is 10.1. The van der Waals surface area contributed by atoms with Gasteiger partial charge in [0.25, 0.3) is 0 Å². The van der Waals surface area contributed by atoms with E-state index < -0.39 is 46.1 Å². The molecule has 0 fully saturated rings. The summed E-state index contributed by atoms with van der Waals surface area (Å²) in [5.74, 6) is -1.16. The normalized spacial score (nSPS) is 12.5. The highest BCUT2D eigenvalue weighted by Gasteiger charge is 2.18. The zero-order valence-corrected chi connectivity index (χ0v) is 23.4. The Balaban J connectivity index is 1.63. The minimum atomic E-state index is -0.955. The van der Waals surface area contributed by atoms with Gasteiger partial charge in [0, 0.05) is 10.5 Å². The second-order valence-electron chi connectivity index (χ2n) is 8.73. The first kappa shape index (κ1) is 31.0. The molecule has 0 aliphatic heterocycles. The van der Waals surface area contributed by atoms with Crippen LogP contribution in [0.5, 0.6) is 0 Å². The van der Waals surface area contributed by atoms with Crippen LogP contribution >= 0.6 is 25.3 Å². The predicted molar refractivity (Wildman–Crippen MR) is 154 cm³/mol. The van der Waals surface area contributed by atoms with E-state index in [0.717, 1.165) is 20.3 Å². The molecule has 0 saturated heterocycles. The fourth-order valence-corrected chi connectivity index (χ4v) is 4.52. The second kappa shape index (κ2) is 15.3. The monoisotopic (exact) mass is 589 g/mol. The van der Waals surface area contributed by atoms with Gasteiger partial charge >= 0.3 is 29.0 Å². The van der Waals surface area contributed by atoms with E-state index in [4.69, 9.17) is 9.47 Å². The molecule has 13 heteroatoms. The van der Waals surface area contributed by atoms with Gasteiger partial charge in [-0.3, -0.25) is 9.59 Å². The minimum absolute atomic E-state index is 0.0287. The summed E-state index contributed by atoms with van der Waals surface area (Å²) in [5.41, 5.74) is -1.19. The Bertz CT molecular complexity index is 1350. The van der Waals surface area contributed by atoms with Crippen LogP contribution in [0.3, 0.4) is 0 Å². The Morgan fingerprint density at radius 1 is 0.650 bits per heavy atom. The molecular formula is C27H31N3O8S2. The third-order valence-corrected chi connectivity index (χ3v) is 6.92. The van der Waals surface area contributed by atoms with Crippen molar-refractivity contribution in [2.45, 2.75) is 43.0 Å². The molecule has 2 atom stereocenters. The fraction of sp³-hybridized carbons (Fsp3) is 0.370. The van der Waals surface area contributed by atoms with Crippen LogP contribution in [0.2, 0.25) is 0 Å². The van der Waals surface area contributed by atoms with Crippen LogP contribution < -0.4 is 17.1 Å². The highest BCUT2D eigenvalue weighted by molar-refractivity contribution is 7.80. The fourth-order valence-electron chi connectivity index (χ4n) is 3.88. The van der Waals surface area contributed by atoms with Crippen molar-refractivity contribution in [3.05, 3.63) is 103 Å². The summed E-state index contributed by atoms with van der Waals surface area (Å²) in [7, 11) is 0. The van der Waals surface area contributed by atoms with Gasteiger partial charge in [0.2, 0.25) is 0 Å². The summed E-state index contributed by atoms with van der Waals surface area (Å²) in [5, 5.41) is 8.53. The van der Waals surface area contributed by atoms with E-state index in [9.17, 15) is 29.1 Å². The summed E-state index contributed by atoms with van der Waals surface area (Å²) in [6.07, 6.45) is -0.0574. The van der Waals surface area contributed by atoms with Crippen molar-refractivity contribution < 1.29 is 24.2 Å². The number of benzene rings is 2. The van der Waals surface area contributed by atoms with Gasteiger partial charge in [-0.1, -0.05) is 60.7 Å². The highest BCUT2D eigenvalue weighted by Crippen LogP contribution is 2.24. The van der Waals surface area contributed by atoms with Crippen LogP contribution in [0.1, 0.15) is 34.5 Å². The molecule has 1 N–H and O–H groups in total. The topological polar surface area (TPSA) is 139 Å². The van der Waals surface area contributed by atoms with Gasteiger partial charge in [0.1, 0.15) is 13.2 Å². The van der Waals surface area contributed by atoms with E-state index in [1.807, 2.05) is 60.7 Å². The maximum atomic E-state index is 13.0. The smallest absolute Gasteiger partial charge is 0.336 e. The van der Waals surface area contributed by atoms with Gasteiger partial charge in [-0.05, 0) is 11.1 Å². The van der Waals surface area contributed by atoms with Gasteiger partial charge in [-0.25, -0.2) is 28.1 Å². The molecule has 11 nitrogen and oxygen atoms in total. The summed E-state index contributed by atoms with van der Waals surface area (Å²) < 4.78 is 12.6. The Morgan fingerprint density at radius 3 is 1.35 bits per heavy atom. The molecule has 0 aliphatic carbocycles. The second-order valence-corrected chi connectivity index (χ2v) is 9.98. The molecule has 0 amide bonds.